The van der Waals surface area contributed by atoms with Crippen molar-refractivity contribution in [2.75, 3.05) is 13.1 Å². The molecule has 0 radical (unpaired) electrons. The largest absolute Gasteiger partial charge is 0.340 e. The average molecular weight is 467 g/mol. The predicted octanol–water partition coefficient (Wildman–Crippen LogP) is 5.44. The van der Waals surface area contributed by atoms with Crippen molar-refractivity contribution in [1.29, 1.82) is 0 Å². The fourth-order valence-electron chi connectivity index (χ4n) is 5.20. The van der Waals surface area contributed by atoms with Gasteiger partial charge < -0.3 is 4.90 Å². The van der Waals surface area contributed by atoms with Crippen molar-refractivity contribution in [3.8, 4) is 11.3 Å². The third-order valence-corrected chi connectivity index (χ3v) is 8.11. The minimum absolute atomic E-state index is 0.115. The maximum atomic E-state index is 13.8. The highest BCUT2D eigenvalue weighted by Crippen LogP contribution is 2.35. The number of halogens is 1. The number of amides is 1. The molecule has 1 aliphatic heterocycles. The molecular formula is C26H31FN4OS. The smallest absolute Gasteiger partial charge is 0.244 e. The quantitative estimate of drug-likeness (QED) is 0.515. The summed E-state index contributed by atoms with van der Waals surface area (Å²) in [5.74, 6) is 0.335. The van der Waals surface area contributed by atoms with E-state index < -0.39 is 0 Å². The van der Waals surface area contributed by atoms with Crippen molar-refractivity contribution in [3.63, 3.8) is 0 Å². The summed E-state index contributed by atoms with van der Waals surface area (Å²) in [6.07, 6.45) is 7.68. The van der Waals surface area contributed by atoms with E-state index in [0.29, 0.717) is 18.0 Å². The van der Waals surface area contributed by atoms with Crippen LogP contribution in [-0.4, -0.2) is 38.7 Å². The van der Waals surface area contributed by atoms with Crippen LogP contribution in [0.2, 0.25) is 0 Å². The first-order valence-electron chi connectivity index (χ1n) is 12.0. The molecule has 2 aliphatic rings. The summed E-state index contributed by atoms with van der Waals surface area (Å²) in [5.41, 5.74) is 4.63. The van der Waals surface area contributed by atoms with Gasteiger partial charge in [-0.3, -0.25) is 9.48 Å². The zero-order chi connectivity index (χ0) is 22.9. The maximum Gasteiger partial charge on any atom is 0.244 e. The van der Waals surface area contributed by atoms with Gasteiger partial charge in [-0.05, 0) is 56.5 Å². The van der Waals surface area contributed by atoms with Crippen LogP contribution in [0.1, 0.15) is 64.9 Å². The Morgan fingerprint density at radius 3 is 2.70 bits per heavy atom. The van der Waals surface area contributed by atoms with Crippen molar-refractivity contribution < 1.29 is 9.18 Å². The van der Waals surface area contributed by atoms with Crippen molar-refractivity contribution in [1.82, 2.24) is 19.7 Å². The summed E-state index contributed by atoms with van der Waals surface area (Å²) >= 11 is 1.75. The van der Waals surface area contributed by atoms with Crippen LogP contribution in [0, 0.1) is 19.7 Å². The molecule has 3 heterocycles. The summed E-state index contributed by atoms with van der Waals surface area (Å²) < 4.78 is 15.7. The van der Waals surface area contributed by atoms with Crippen LogP contribution in [0.25, 0.3) is 11.3 Å². The Morgan fingerprint density at radius 2 is 1.91 bits per heavy atom. The monoisotopic (exact) mass is 466 g/mol. The maximum absolute atomic E-state index is 13.8. The van der Waals surface area contributed by atoms with Gasteiger partial charge in [0.15, 0.2) is 0 Å². The third kappa shape index (κ3) is 4.74. The zero-order valence-corrected chi connectivity index (χ0v) is 20.3. The number of fused-ring (bicyclic) bond motifs is 1. The number of benzene rings is 1. The summed E-state index contributed by atoms with van der Waals surface area (Å²) in [6.45, 7) is 5.52. The van der Waals surface area contributed by atoms with E-state index in [2.05, 4.69) is 11.1 Å². The van der Waals surface area contributed by atoms with Crippen molar-refractivity contribution in [3.05, 3.63) is 56.9 Å². The molecule has 0 bridgehead atoms. The number of aromatic nitrogens is 3. The van der Waals surface area contributed by atoms with Gasteiger partial charge in [0.05, 0.1) is 16.4 Å². The van der Waals surface area contributed by atoms with Crippen LogP contribution in [0.5, 0.6) is 0 Å². The molecule has 5 nitrogen and oxygen atoms in total. The first-order chi connectivity index (χ1) is 16.0. The topological polar surface area (TPSA) is 51.0 Å². The molecule has 1 aliphatic carbocycles. The fourth-order valence-corrected chi connectivity index (χ4v) is 6.17. The van der Waals surface area contributed by atoms with Gasteiger partial charge in [0, 0.05) is 48.0 Å². The molecule has 1 amide bonds. The Labute approximate surface area is 198 Å². The lowest BCUT2D eigenvalue weighted by Gasteiger charge is -2.24. The molecule has 0 unspecified atom stereocenters. The molecule has 33 heavy (non-hydrogen) atoms. The lowest BCUT2D eigenvalue weighted by molar-refractivity contribution is -0.132. The van der Waals surface area contributed by atoms with Crippen molar-refractivity contribution in [2.24, 2.45) is 0 Å². The normalized spacial score (nSPS) is 17.1. The molecular weight excluding hydrogens is 435 g/mol. The summed E-state index contributed by atoms with van der Waals surface area (Å²) in [4.78, 5) is 21.3. The van der Waals surface area contributed by atoms with Crippen LogP contribution in [0.4, 0.5) is 4.39 Å². The molecule has 3 aromatic rings. The second-order valence-corrected chi connectivity index (χ2v) is 10.7. The van der Waals surface area contributed by atoms with Gasteiger partial charge in [0.25, 0.3) is 0 Å². The SMILES string of the molecule is Cc1nc2c(s1)CCN(C(=O)Cn1nc(-c3ccc(F)c(C)c3)cc1C1CCCCC1)CC2. The van der Waals surface area contributed by atoms with Gasteiger partial charge in [-0.2, -0.15) is 5.10 Å². The van der Waals surface area contributed by atoms with Crippen molar-refractivity contribution in [2.45, 2.75) is 71.3 Å². The highest BCUT2D eigenvalue weighted by molar-refractivity contribution is 7.11. The van der Waals surface area contributed by atoms with Crippen molar-refractivity contribution >= 4 is 17.2 Å². The van der Waals surface area contributed by atoms with E-state index in [4.69, 9.17) is 5.10 Å². The zero-order valence-electron chi connectivity index (χ0n) is 19.4. The van der Waals surface area contributed by atoms with Gasteiger partial charge in [-0.15, -0.1) is 11.3 Å². The van der Waals surface area contributed by atoms with Gasteiger partial charge in [-0.1, -0.05) is 19.3 Å². The second-order valence-electron chi connectivity index (χ2n) is 9.39. The first kappa shape index (κ1) is 22.3. The van der Waals surface area contributed by atoms with E-state index in [1.807, 2.05) is 22.6 Å². The third-order valence-electron chi connectivity index (χ3n) is 7.04. The molecule has 1 aromatic carbocycles. The first-order valence-corrected chi connectivity index (χ1v) is 12.9. The van der Waals surface area contributed by atoms with E-state index in [1.165, 1.54) is 30.2 Å². The summed E-state index contributed by atoms with van der Waals surface area (Å²) in [5, 5.41) is 5.97. The molecule has 0 N–H and O–H groups in total. The minimum atomic E-state index is -0.208. The van der Waals surface area contributed by atoms with Crippen LogP contribution in [-0.2, 0) is 24.2 Å². The molecule has 0 saturated heterocycles. The highest BCUT2D eigenvalue weighted by atomic mass is 32.1. The number of carbonyl (C=O) groups excluding carboxylic acids is 1. The number of rotatable bonds is 4. The lowest BCUT2D eigenvalue weighted by Crippen LogP contribution is -2.36. The van der Waals surface area contributed by atoms with E-state index >= 15 is 0 Å². The molecule has 2 aromatic heterocycles. The Bertz CT molecular complexity index is 1140. The number of hydrogen-bond acceptors (Lipinski definition) is 4. The second kappa shape index (κ2) is 9.37. The van der Waals surface area contributed by atoms with Gasteiger partial charge in [-0.25, -0.2) is 9.37 Å². The van der Waals surface area contributed by atoms with Gasteiger partial charge in [0.1, 0.15) is 12.4 Å². The van der Waals surface area contributed by atoms with Crippen LogP contribution < -0.4 is 0 Å². The molecule has 174 valence electrons. The fraction of sp³-hybridized carbons (Fsp3) is 0.500. The standard InChI is InChI=1S/C26H31FN4OS/c1-17-14-20(8-9-21(17)27)23-15-24(19-6-4-3-5-7-19)31(29-23)16-26(32)30-12-10-22-25(11-13-30)33-18(2)28-22/h8-9,14-15,19H,3-7,10-13,16H2,1-2H3. The van der Waals surface area contributed by atoms with Gasteiger partial charge >= 0.3 is 0 Å². The van der Waals surface area contributed by atoms with Gasteiger partial charge in [0.2, 0.25) is 5.91 Å². The van der Waals surface area contributed by atoms with E-state index in [-0.39, 0.29) is 18.3 Å². The molecule has 7 heteroatoms. The number of thiazole rings is 1. The van der Waals surface area contributed by atoms with E-state index in [9.17, 15) is 9.18 Å². The summed E-state index contributed by atoms with van der Waals surface area (Å²) in [7, 11) is 0. The highest BCUT2D eigenvalue weighted by Gasteiger charge is 2.25. The molecule has 0 spiro atoms. The average Bonchev–Trinajstić information content (AvgIpc) is 3.33. The Morgan fingerprint density at radius 1 is 1.12 bits per heavy atom. The predicted molar refractivity (Wildman–Crippen MR) is 129 cm³/mol. The number of nitrogens with zero attached hydrogens (tertiary/aromatic N) is 4. The summed E-state index contributed by atoms with van der Waals surface area (Å²) in [6, 6.07) is 7.25. The minimum Gasteiger partial charge on any atom is -0.340 e. The van der Waals surface area contributed by atoms with Crippen LogP contribution in [0.3, 0.4) is 0 Å². The van der Waals surface area contributed by atoms with Crippen LogP contribution in [0.15, 0.2) is 24.3 Å². The molecule has 1 saturated carbocycles. The number of carbonyl (C=O) groups is 1. The lowest BCUT2D eigenvalue weighted by atomic mass is 9.86. The molecule has 5 rings (SSSR count). The number of aryl methyl sites for hydroxylation is 2. The molecule has 1 fully saturated rings. The van der Waals surface area contributed by atoms with E-state index in [1.54, 1.807) is 24.3 Å². The Balaban J connectivity index is 1.38. The Kier molecular flexibility index (Phi) is 6.32. The number of hydrogen-bond donors (Lipinski definition) is 0. The van der Waals surface area contributed by atoms with Crippen LogP contribution >= 0.6 is 11.3 Å². The molecule has 0 atom stereocenters. The Hall–Kier alpha value is -2.54. The van der Waals surface area contributed by atoms with E-state index in [0.717, 1.165) is 59.9 Å².